The van der Waals surface area contributed by atoms with Crippen LogP contribution in [-0.4, -0.2) is 124 Å². The predicted octanol–water partition coefficient (Wildman–Crippen LogP) is 7.08. The Morgan fingerprint density at radius 3 is 0.222 bits per heavy atom. The van der Waals surface area contributed by atoms with Crippen molar-refractivity contribution >= 4 is 124 Å². The van der Waals surface area contributed by atoms with Gasteiger partial charge in [-0.15, -0.1) is 0 Å². The van der Waals surface area contributed by atoms with Crippen LogP contribution in [0, 0.1) is 0 Å². The molecular weight excluding hydrogens is 646 g/mol. The molecule has 0 saturated heterocycles. The molecule has 0 aliphatic carbocycles. The molecule has 0 aromatic heterocycles. The SMILES string of the molecule is C[Si](C)C.C[Si](C)C.C[Si](C)C.C[Si](C)C.C[Si](C)C.C[Si](C)C.[Mg].[Sn].[Sn]. The van der Waals surface area contributed by atoms with Crippen LogP contribution in [0.5, 0.6) is 0 Å². The van der Waals surface area contributed by atoms with Crippen LogP contribution in [0.2, 0.25) is 118 Å². The Bertz CT molecular complexity index is 111. The smallest absolute Gasteiger partial charge is 0.0379 e. The monoisotopic (exact) mass is 702 g/mol. The van der Waals surface area contributed by atoms with Gasteiger partial charge in [0, 0.05) is 124 Å². The molecule has 0 aliphatic rings. The standard InChI is InChI=1S/6C3H9Si.Mg.2Sn/c6*1-4(2)3;;;/h6*1-3H3;;;. The minimum absolute atomic E-state index is 0. The van der Waals surface area contributed by atoms with Gasteiger partial charge in [0.25, 0.3) is 0 Å². The molecule has 0 aliphatic heterocycles. The Kier molecular flexibility index (Phi) is 111. The van der Waals surface area contributed by atoms with E-state index >= 15 is 0 Å². The molecule has 0 heterocycles. The van der Waals surface area contributed by atoms with E-state index in [2.05, 4.69) is 118 Å². The third-order valence-electron chi connectivity index (χ3n) is 0. The Hall–Kier alpha value is 3.66. The Labute approximate surface area is 238 Å². The molecule has 0 amide bonds. The maximum atomic E-state index is 2.27. The zero-order chi connectivity index (χ0) is 21.5. The average molecular weight is 701 g/mol. The van der Waals surface area contributed by atoms with Crippen molar-refractivity contribution in [2.45, 2.75) is 118 Å². The van der Waals surface area contributed by atoms with Gasteiger partial charge < -0.3 is 0 Å². The molecule has 0 bridgehead atoms. The van der Waals surface area contributed by atoms with Gasteiger partial charge in [-0.05, 0) is 0 Å². The first kappa shape index (κ1) is 57.5. The van der Waals surface area contributed by atoms with Crippen LogP contribution in [0.3, 0.4) is 0 Å². The fourth-order valence-corrected chi connectivity index (χ4v) is 0. The molecule has 0 nitrogen and oxygen atoms in total. The van der Waals surface area contributed by atoms with Crippen molar-refractivity contribution in [2.24, 2.45) is 0 Å². The zero-order valence-corrected chi connectivity index (χ0v) is 35.8. The van der Waals surface area contributed by atoms with Crippen molar-refractivity contribution in [1.82, 2.24) is 0 Å². The fourth-order valence-electron chi connectivity index (χ4n) is 0. The quantitative estimate of drug-likeness (QED) is 0.237. The molecule has 16 radical (unpaired) electrons. The minimum Gasteiger partial charge on any atom is -0.0715 e. The van der Waals surface area contributed by atoms with Gasteiger partial charge >= 0.3 is 0 Å². The van der Waals surface area contributed by atoms with Gasteiger partial charge in [0.05, 0.1) is 0 Å². The van der Waals surface area contributed by atoms with Crippen LogP contribution < -0.4 is 0 Å². The van der Waals surface area contributed by atoms with Gasteiger partial charge in [-0.2, -0.15) is 0 Å². The van der Waals surface area contributed by atoms with Gasteiger partial charge in [0.1, 0.15) is 0 Å². The van der Waals surface area contributed by atoms with Crippen molar-refractivity contribution in [3.8, 4) is 0 Å². The maximum absolute atomic E-state index is 2.27. The average Bonchev–Trinajstić information content (AvgIpc) is 2.08. The maximum Gasteiger partial charge on any atom is 0.0379 e. The first-order chi connectivity index (χ1) is 10.4. The zero-order valence-electron chi connectivity index (χ0n) is 22.7. The van der Waals surface area contributed by atoms with Crippen LogP contribution in [0.25, 0.3) is 0 Å². The normalized spacial score (nSPS) is 8.00. The summed E-state index contributed by atoms with van der Waals surface area (Å²) < 4.78 is 0. The molecule has 0 rings (SSSR count). The molecule has 9 heteroatoms. The van der Waals surface area contributed by atoms with E-state index in [0.29, 0.717) is 0 Å². The first-order valence-electron chi connectivity index (χ1n) is 9.00. The Morgan fingerprint density at radius 1 is 0.222 bits per heavy atom. The van der Waals surface area contributed by atoms with E-state index in [1.54, 1.807) is 0 Å². The summed E-state index contributed by atoms with van der Waals surface area (Å²) in [7, 11) is 0.722. The topological polar surface area (TPSA) is 0 Å². The molecule has 0 atom stereocenters. The molecule has 0 fully saturated rings. The summed E-state index contributed by atoms with van der Waals surface area (Å²) in [6, 6.07) is 0. The third kappa shape index (κ3) is 1690. The van der Waals surface area contributed by atoms with Crippen molar-refractivity contribution in [3.63, 3.8) is 0 Å². The second kappa shape index (κ2) is 51.9. The molecular formula is C18H54MgSi6Sn2. The van der Waals surface area contributed by atoms with E-state index in [4.69, 9.17) is 0 Å². The van der Waals surface area contributed by atoms with Gasteiger partial charge in [-0.25, -0.2) is 0 Å². The minimum atomic E-state index is 0. The molecule has 0 N–H and O–H groups in total. The van der Waals surface area contributed by atoms with Crippen LogP contribution in [0.15, 0.2) is 0 Å². The van der Waals surface area contributed by atoms with Gasteiger partial charge in [0.2, 0.25) is 0 Å². The summed E-state index contributed by atoms with van der Waals surface area (Å²) in [6.07, 6.45) is 0. The number of hydrogen-bond donors (Lipinski definition) is 0. The van der Waals surface area contributed by atoms with Crippen molar-refractivity contribution in [2.75, 3.05) is 0 Å². The predicted molar refractivity (Wildman–Crippen MR) is 157 cm³/mol. The van der Waals surface area contributed by atoms with Crippen LogP contribution >= 0.6 is 0 Å². The second-order valence-corrected chi connectivity index (χ2v) is 27.0. The molecule has 0 saturated carbocycles. The largest absolute Gasteiger partial charge is 0.0715 e. The van der Waals surface area contributed by atoms with E-state index < -0.39 is 0 Å². The summed E-state index contributed by atoms with van der Waals surface area (Å²) in [5.74, 6) is 0. The van der Waals surface area contributed by atoms with Crippen LogP contribution in [-0.2, 0) is 0 Å². The Morgan fingerprint density at radius 2 is 0.222 bits per heavy atom. The summed E-state index contributed by atoms with van der Waals surface area (Å²) in [5, 5.41) is 0. The molecule has 160 valence electrons. The fraction of sp³-hybridized carbons (Fsp3) is 1.00. The van der Waals surface area contributed by atoms with Crippen molar-refractivity contribution in [1.29, 1.82) is 0 Å². The molecule has 0 aromatic rings. The number of rotatable bonds is 0. The summed E-state index contributed by atoms with van der Waals surface area (Å²) in [6.45, 7) is 40.8. The van der Waals surface area contributed by atoms with Crippen LogP contribution in [0.4, 0.5) is 0 Å². The van der Waals surface area contributed by atoms with Crippen molar-refractivity contribution in [3.05, 3.63) is 0 Å². The van der Waals surface area contributed by atoms with Gasteiger partial charge in [0.15, 0.2) is 0 Å². The Balaban J connectivity index is -0.0000000201. The molecule has 0 aromatic carbocycles. The second-order valence-electron chi connectivity index (χ2n) is 9.00. The van der Waals surface area contributed by atoms with E-state index in [-0.39, 0.29) is 124 Å². The summed E-state index contributed by atoms with van der Waals surface area (Å²) in [4.78, 5) is 0. The molecule has 0 unspecified atom stereocenters. The van der Waals surface area contributed by atoms with Gasteiger partial charge in [-0.3, -0.25) is 0 Å². The summed E-state index contributed by atoms with van der Waals surface area (Å²) >= 11 is 0. The third-order valence-corrected chi connectivity index (χ3v) is 0. The van der Waals surface area contributed by atoms with E-state index in [1.165, 1.54) is 0 Å². The van der Waals surface area contributed by atoms with E-state index in [1.807, 2.05) is 0 Å². The van der Waals surface area contributed by atoms with Crippen LogP contribution in [0.1, 0.15) is 0 Å². The summed E-state index contributed by atoms with van der Waals surface area (Å²) in [5.41, 5.74) is 0. The molecule has 0 spiro atoms. The van der Waals surface area contributed by atoms with Crippen molar-refractivity contribution < 1.29 is 0 Å². The van der Waals surface area contributed by atoms with Gasteiger partial charge in [-0.1, -0.05) is 118 Å². The molecule has 27 heavy (non-hydrogen) atoms. The van der Waals surface area contributed by atoms with E-state index in [0.717, 1.165) is 0 Å². The first-order valence-corrected chi connectivity index (χ1v) is 27.0. The van der Waals surface area contributed by atoms with E-state index in [9.17, 15) is 0 Å². The number of hydrogen-bond acceptors (Lipinski definition) is 0.